The second-order valence-corrected chi connectivity index (χ2v) is 5.61. The molecule has 2 aromatic heterocycles. The van der Waals surface area contributed by atoms with Crippen LogP contribution >= 0.6 is 12.2 Å². The standard InChI is InChI=1S/C18H14F2N4OS/c19-12-4-6-16(20)15(9-12)17-7-5-14(25-17)11-23-24-18(26)22-10-13-3-1-2-8-21-13/h1-9,11H,10H2,(H2,22,24,26)/b23-11+. The van der Waals surface area contributed by atoms with Gasteiger partial charge in [0.15, 0.2) is 5.11 Å². The first-order chi connectivity index (χ1) is 12.6. The van der Waals surface area contributed by atoms with Gasteiger partial charge in [-0.15, -0.1) is 0 Å². The number of halogens is 2. The van der Waals surface area contributed by atoms with Crippen LogP contribution < -0.4 is 10.7 Å². The molecule has 0 aliphatic rings. The molecule has 8 heteroatoms. The van der Waals surface area contributed by atoms with Gasteiger partial charge in [0, 0.05) is 6.20 Å². The normalized spacial score (nSPS) is 10.8. The molecule has 0 atom stereocenters. The quantitative estimate of drug-likeness (QED) is 0.407. The lowest BCUT2D eigenvalue weighted by Gasteiger charge is -2.05. The molecule has 0 unspecified atom stereocenters. The van der Waals surface area contributed by atoms with Crippen LogP contribution in [0.5, 0.6) is 0 Å². The molecule has 0 radical (unpaired) electrons. The van der Waals surface area contributed by atoms with E-state index in [1.807, 2.05) is 18.2 Å². The van der Waals surface area contributed by atoms with Crippen LogP contribution in [0.2, 0.25) is 0 Å². The Kier molecular flexibility index (Phi) is 5.65. The van der Waals surface area contributed by atoms with Crippen LogP contribution in [-0.4, -0.2) is 16.3 Å². The fourth-order valence-corrected chi connectivity index (χ4v) is 2.25. The van der Waals surface area contributed by atoms with Gasteiger partial charge in [0.25, 0.3) is 0 Å². The van der Waals surface area contributed by atoms with Gasteiger partial charge in [-0.3, -0.25) is 10.4 Å². The summed E-state index contributed by atoms with van der Waals surface area (Å²) in [5.41, 5.74) is 3.53. The molecular weight excluding hydrogens is 358 g/mol. The maximum absolute atomic E-state index is 13.7. The number of nitrogens with zero attached hydrogens (tertiary/aromatic N) is 2. The van der Waals surface area contributed by atoms with E-state index in [1.54, 1.807) is 12.3 Å². The summed E-state index contributed by atoms with van der Waals surface area (Å²) in [6, 6.07) is 11.9. The van der Waals surface area contributed by atoms with Crippen LogP contribution in [-0.2, 0) is 6.54 Å². The second kappa shape index (κ2) is 8.30. The maximum atomic E-state index is 13.7. The number of hydrogen-bond donors (Lipinski definition) is 2. The van der Waals surface area contributed by atoms with E-state index in [0.717, 1.165) is 23.9 Å². The topological polar surface area (TPSA) is 62.5 Å². The third-order valence-corrected chi connectivity index (χ3v) is 3.57. The van der Waals surface area contributed by atoms with E-state index in [9.17, 15) is 8.78 Å². The zero-order valence-corrected chi connectivity index (χ0v) is 14.3. The van der Waals surface area contributed by atoms with E-state index in [-0.39, 0.29) is 11.3 Å². The number of furan rings is 1. The Morgan fingerprint density at radius 1 is 1.19 bits per heavy atom. The molecule has 2 heterocycles. The summed E-state index contributed by atoms with van der Waals surface area (Å²) in [5.74, 6) is -0.538. The Hall–Kier alpha value is -3.13. The first-order valence-corrected chi connectivity index (χ1v) is 8.05. The number of hydrazone groups is 1. The third-order valence-electron chi connectivity index (χ3n) is 3.33. The highest BCUT2D eigenvalue weighted by Crippen LogP contribution is 2.25. The number of pyridine rings is 1. The first kappa shape index (κ1) is 17.7. The highest BCUT2D eigenvalue weighted by molar-refractivity contribution is 7.80. The van der Waals surface area contributed by atoms with Crippen molar-refractivity contribution in [3.05, 3.63) is 77.8 Å². The van der Waals surface area contributed by atoms with Crippen molar-refractivity contribution in [1.82, 2.24) is 15.7 Å². The molecule has 2 N–H and O–H groups in total. The minimum absolute atomic E-state index is 0.0464. The molecule has 0 aliphatic heterocycles. The van der Waals surface area contributed by atoms with Crippen molar-refractivity contribution in [3.8, 4) is 11.3 Å². The zero-order chi connectivity index (χ0) is 18.4. The van der Waals surface area contributed by atoms with Crippen LogP contribution in [0.25, 0.3) is 11.3 Å². The lowest BCUT2D eigenvalue weighted by Crippen LogP contribution is -2.31. The Morgan fingerprint density at radius 3 is 2.88 bits per heavy atom. The monoisotopic (exact) mass is 372 g/mol. The third kappa shape index (κ3) is 4.70. The Morgan fingerprint density at radius 2 is 2.08 bits per heavy atom. The van der Waals surface area contributed by atoms with E-state index in [2.05, 4.69) is 20.8 Å². The van der Waals surface area contributed by atoms with E-state index in [4.69, 9.17) is 16.6 Å². The van der Waals surface area contributed by atoms with E-state index < -0.39 is 11.6 Å². The highest BCUT2D eigenvalue weighted by atomic mass is 32.1. The van der Waals surface area contributed by atoms with Gasteiger partial charge in [0.1, 0.15) is 23.2 Å². The summed E-state index contributed by atoms with van der Waals surface area (Å²) in [4.78, 5) is 4.16. The molecular formula is C18H14F2N4OS. The Labute approximate surface area is 153 Å². The van der Waals surface area contributed by atoms with E-state index in [1.165, 1.54) is 12.3 Å². The molecule has 1 aromatic carbocycles. The smallest absolute Gasteiger partial charge is 0.187 e. The molecule has 0 saturated heterocycles. The van der Waals surface area contributed by atoms with Crippen LogP contribution in [0.4, 0.5) is 8.78 Å². The molecule has 0 aliphatic carbocycles. The molecule has 3 rings (SSSR count). The van der Waals surface area contributed by atoms with Gasteiger partial charge in [0.2, 0.25) is 0 Å². The fourth-order valence-electron chi connectivity index (χ4n) is 2.12. The second-order valence-electron chi connectivity index (χ2n) is 5.20. The van der Waals surface area contributed by atoms with Crippen LogP contribution in [0, 0.1) is 11.6 Å². The average molecular weight is 372 g/mol. The van der Waals surface area contributed by atoms with Crippen molar-refractivity contribution in [2.24, 2.45) is 5.10 Å². The van der Waals surface area contributed by atoms with Crippen LogP contribution in [0.15, 0.2) is 64.2 Å². The summed E-state index contributed by atoms with van der Waals surface area (Å²) in [5, 5.41) is 7.21. The molecule has 26 heavy (non-hydrogen) atoms. The molecule has 0 fully saturated rings. The molecule has 0 spiro atoms. The van der Waals surface area contributed by atoms with Gasteiger partial charge < -0.3 is 9.73 Å². The van der Waals surface area contributed by atoms with Crippen molar-refractivity contribution in [2.75, 3.05) is 0 Å². The first-order valence-electron chi connectivity index (χ1n) is 7.64. The van der Waals surface area contributed by atoms with E-state index in [0.29, 0.717) is 17.4 Å². The Balaban J connectivity index is 1.55. The van der Waals surface area contributed by atoms with Gasteiger partial charge in [-0.05, 0) is 54.7 Å². The van der Waals surface area contributed by atoms with Crippen molar-refractivity contribution in [3.63, 3.8) is 0 Å². The molecule has 3 aromatic rings. The molecule has 132 valence electrons. The summed E-state index contributed by atoms with van der Waals surface area (Å²) < 4.78 is 32.4. The van der Waals surface area contributed by atoms with Gasteiger partial charge in [-0.25, -0.2) is 8.78 Å². The zero-order valence-electron chi connectivity index (χ0n) is 13.4. The SMILES string of the molecule is Fc1ccc(F)c(-c2ccc(/C=N/NC(=S)NCc3ccccn3)o2)c1. The maximum Gasteiger partial charge on any atom is 0.187 e. The summed E-state index contributed by atoms with van der Waals surface area (Å²) in [6.07, 6.45) is 3.08. The van der Waals surface area contributed by atoms with Crippen molar-refractivity contribution in [1.29, 1.82) is 0 Å². The predicted molar refractivity (Wildman–Crippen MR) is 98.5 cm³/mol. The average Bonchev–Trinajstić information content (AvgIpc) is 3.11. The summed E-state index contributed by atoms with van der Waals surface area (Å²) in [6.45, 7) is 0.464. The number of rotatable bonds is 5. The Bertz CT molecular complexity index is 928. The van der Waals surface area contributed by atoms with Crippen molar-refractivity contribution in [2.45, 2.75) is 6.54 Å². The highest BCUT2D eigenvalue weighted by Gasteiger charge is 2.10. The number of thiocarbonyl (C=S) groups is 1. The minimum Gasteiger partial charge on any atom is -0.455 e. The minimum atomic E-state index is -0.567. The van der Waals surface area contributed by atoms with Crippen molar-refractivity contribution < 1.29 is 13.2 Å². The molecule has 0 saturated carbocycles. The molecule has 0 bridgehead atoms. The van der Waals surface area contributed by atoms with Gasteiger partial charge in [0.05, 0.1) is 24.0 Å². The summed E-state index contributed by atoms with van der Waals surface area (Å²) in [7, 11) is 0. The van der Waals surface area contributed by atoms with Crippen molar-refractivity contribution >= 4 is 23.5 Å². The number of benzene rings is 1. The molecule has 5 nitrogen and oxygen atoms in total. The predicted octanol–water partition coefficient (Wildman–Crippen LogP) is 3.62. The number of nitrogens with one attached hydrogen (secondary N) is 2. The molecule has 0 amide bonds. The lowest BCUT2D eigenvalue weighted by molar-refractivity contribution is 0.558. The van der Waals surface area contributed by atoms with Crippen LogP contribution in [0.3, 0.4) is 0 Å². The number of hydrogen-bond acceptors (Lipinski definition) is 4. The van der Waals surface area contributed by atoms with Crippen LogP contribution in [0.1, 0.15) is 11.5 Å². The fraction of sp³-hybridized carbons (Fsp3) is 0.0556. The van der Waals surface area contributed by atoms with Gasteiger partial charge in [-0.2, -0.15) is 5.10 Å². The summed E-state index contributed by atoms with van der Waals surface area (Å²) >= 11 is 5.10. The van der Waals surface area contributed by atoms with Gasteiger partial charge >= 0.3 is 0 Å². The largest absolute Gasteiger partial charge is 0.455 e. The van der Waals surface area contributed by atoms with E-state index >= 15 is 0 Å². The number of aromatic nitrogens is 1. The van der Waals surface area contributed by atoms with Gasteiger partial charge in [-0.1, -0.05) is 6.07 Å². The lowest BCUT2D eigenvalue weighted by atomic mass is 10.1.